The molecule has 1 aromatic rings. The first-order valence-electron chi connectivity index (χ1n) is 6.46. The molecule has 7 nitrogen and oxygen atoms in total. The van der Waals surface area contributed by atoms with E-state index >= 15 is 0 Å². The van der Waals surface area contributed by atoms with Gasteiger partial charge in [0.25, 0.3) is 11.6 Å². The average molecular weight is 314 g/mol. The number of nitro groups is 1. The second-order valence-electron chi connectivity index (χ2n) is 5.32. The molecule has 1 aliphatic carbocycles. The van der Waals surface area contributed by atoms with Gasteiger partial charge in [0.2, 0.25) is 0 Å². The van der Waals surface area contributed by atoms with E-state index in [4.69, 9.17) is 17.3 Å². The van der Waals surface area contributed by atoms with Crippen LogP contribution in [0, 0.1) is 16.0 Å². The number of aliphatic hydroxyl groups is 1. The van der Waals surface area contributed by atoms with Crippen molar-refractivity contribution in [3.63, 3.8) is 0 Å². The van der Waals surface area contributed by atoms with Crippen molar-refractivity contribution in [3.05, 3.63) is 32.8 Å². The molecule has 1 aromatic carbocycles. The molecule has 0 bridgehead atoms. The van der Waals surface area contributed by atoms with Gasteiger partial charge in [-0.2, -0.15) is 0 Å². The van der Waals surface area contributed by atoms with Crippen LogP contribution in [0.1, 0.15) is 23.2 Å². The van der Waals surface area contributed by atoms with Crippen LogP contribution >= 0.6 is 11.6 Å². The van der Waals surface area contributed by atoms with E-state index in [1.807, 2.05) is 0 Å². The zero-order valence-corrected chi connectivity index (χ0v) is 12.2. The van der Waals surface area contributed by atoms with Gasteiger partial charge >= 0.3 is 0 Å². The topological polar surface area (TPSA) is 110 Å². The van der Waals surface area contributed by atoms with Crippen molar-refractivity contribution in [1.29, 1.82) is 0 Å². The van der Waals surface area contributed by atoms with Crippen molar-refractivity contribution in [3.8, 4) is 0 Å². The monoisotopic (exact) mass is 313 g/mol. The Hall–Kier alpha value is -1.86. The van der Waals surface area contributed by atoms with Gasteiger partial charge in [-0.25, -0.2) is 0 Å². The Balaban J connectivity index is 2.19. The molecule has 1 aliphatic rings. The Bertz CT molecular complexity index is 587. The number of non-ortho nitro benzene ring substituents is 1. The zero-order valence-electron chi connectivity index (χ0n) is 11.5. The van der Waals surface area contributed by atoms with Gasteiger partial charge in [0.05, 0.1) is 27.3 Å². The molecule has 3 N–H and O–H groups in total. The molecule has 2 rings (SSSR count). The van der Waals surface area contributed by atoms with Gasteiger partial charge in [-0.1, -0.05) is 11.6 Å². The molecule has 1 amide bonds. The number of nitrogen functional groups attached to an aromatic ring is 1. The van der Waals surface area contributed by atoms with Gasteiger partial charge in [0.1, 0.15) is 0 Å². The minimum atomic E-state index is -0.621. The van der Waals surface area contributed by atoms with Crippen molar-refractivity contribution in [2.24, 2.45) is 5.92 Å². The lowest BCUT2D eigenvalue weighted by Gasteiger charge is -2.34. The Kier molecular flexibility index (Phi) is 4.34. The van der Waals surface area contributed by atoms with Crippen LogP contribution in [0.4, 0.5) is 11.4 Å². The average Bonchev–Trinajstić information content (AvgIpc) is 2.38. The number of aliphatic hydroxyl groups excluding tert-OH is 1. The summed E-state index contributed by atoms with van der Waals surface area (Å²) < 4.78 is 0. The van der Waals surface area contributed by atoms with E-state index in [2.05, 4.69) is 0 Å². The highest BCUT2D eigenvalue weighted by molar-refractivity contribution is 6.34. The summed E-state index contributed by atoms with van der Waals surface area (Å²) in [5.41, 5.74) is 5.53. The molecule has 0 unspecified atom stereocenters. The lowest BCUT2D eigenvalue weighted by Crippen LogP contribution is -2.39. The summed E-state index contributed by atoms with van der Waals surface area (Å²) in [6.45, 7) is 0.468. The highest BCUT2D eigenvalue weighted by atomic mass is 35.5. The second-order valence-corrected chi connectivity index (χ2v) is 5.73. The van der Waals surface area contributed by atoms with Crippen molar-refractivity contribution < 1.29 is 14.8 Å². The third-order valence-corrected chi connectivity index (χ3v) is 3.96. The summed E-state index contributed by atoms with van der Waals surface area (Å²) in [7, 11) is 1.60. The summed E-state index contributed by atoms with van der Waals surface area (Å²) in [4.78, 5) is 24.0. The minimum absolute atomic E-state index is 0.0139. The Labute approximate surface area is 126 Å². The number of benzene rings is 1. The highest BCUT2D eigenvalue weighted by Gasteiger charge is 2.30. The van der Waals surface area contributed by atoms with Crippen LogP contribution in [0.15, 0.2) is 12.1 Å². The Morgan fingerprint density at radius 2 is 2.19 bits per heavy atom. The molecule has 1 fully saturated rings. The molecule has 0 saturated heterocycles. The maximum atomic E-state index is 12.4. The number of nitro benzene ring substituents is 1. The van der Waals surface area contributed by atoms with Crippen LogP contribution in [0.2, 0.25) is 5.02 Å². The number of hydrogen-bond acceptors (Lipinski definition) is 5. The van der Waals surface area contributed by atoms with Crippen molar-refractivity contribution in [2.75, 3.05) is 19.3 Å². The van der Waals surface area contributed by atoms with E-state index in [-0.39, 0.29) is 34.0 Å². The number of carbonyl (C=O) groups is 1. The minimum Gasteiger partial charge on any atom is -0.397 e. The number of carbonyl (C=O) groups excluding carboxylic acids is 1. The van der Waals surface area contributed by atoms with Gasteiger partial charge in [-0.15, -0.1) is 0 Å². The fraction of sp³-hybridized carbons (Fsp3) is 0.462. The van der Waals surface area contributed by atoms with Gasteiger partial charge in [-0.3, -0.25) is 14.9 Å². The van der Waals surface area contributed by atoms with Gasteiger partial charge < -0.3 is 15.7 Å². The quantitative estimate of drug-likeness (QED) is 0.499. The van der Waals surface area contributed by atoms with Gasteiger partial charge in [0.15, 0.2) is 0 Å². The smallest absolute Gasteiger partial charge is 0.271 e. The van der Waals surface area contributed by atoms with Crippen molar-refractivity contribution >= 4 is 28.9 Å². The third kappa shape index (κ3) is 3.25. The molecule has 0 aliphatic heterocycles. The maximum Gasteiger partial charge on any atom is 0.271 e. The normalized spacial score (nSPS) is 20.7. The number of rotatable bonds is 4. The molecule has 114 valence electrons. The molecular weight excluding hydrogens is 298 g/mol. The predicted octanol–water partition coefficient (Wildman–Crippen LogP) is 1.67. The second kappa shape index (κ2) is 5.87. The van der Waals surface area contributed by atoms with E-state index < -0.39 is 10.8 Å². The highest BCUT2D eigenvalue weighted by Crippen LogP contribution is 2.31. The molecule has 8 heteroatoms. The zero-order chi connectivity index (χ0) is 15.7. The molecule has 0 heterocycles. The maximum absolute atomic E-state index is 12.4. The summed E-state index contributed by atoms with van der Waals surface area (Å²) >= 11 is 5.84. The van der Waals surface area contributed by atoms with E-state index in [1.54, 1.807) is 7.05 Å². The summed E-state index contributed by atoms with van der Waals surface area (Å²) in [5.74, 6) is -0.177. The standard InChI is InChI=1S/C13H16ClN3O4/c1-16(6-7-2-9(18)3-7)13(19)10-4-8(17(20)21)5-11(14)12(10)15/h4-5,7,9,18H,2-3,6,15H2,1H3. The van der Waals surface area contributed by atoms with E-state index in [9.17, 15) is 20.0 Å². The molecule has 0 radical (unpaired) electrons. The molecule has 21 heavy (non-hydrogen) atoms. The molecule has 0 spiro atoms. The number of nitrogens with two attached hydrogens (primary N) is 1. The lowest BCUT2D eigenvalue weighted by atomic mass is 9.82. The molecular formula is C13H16ClN3O4. The first-order chi connectivity index (χ1) is 9.79. The molecule has 1 saturated carbocycles. The first-order valence-corrected chi connectivity index (χ1v) is 6.84. The van der Waals surface area contributed by atoms with Crippen LogP contribution in [-0.4, -0.2) is 40.5 Å². The lowest BCUT2D eigenvalue weighted by molar-refractivity contribution is -0.384. The summed E-state index contributed by atoms with van der Waals surface area (Å²) in [6.07, 6.45) is 1.02. The van der Waals surface area contributed by atoms with Crippen LogP contribution in [0.3, 0.4) is 0 Å². The number of amides is 1. The number of nitrogens with zero attached hydrogens (tertiary/aromatic N) is 2. The van der Waals surface area contributed by atoms with Crippen LogP contribution in [-0.2, 0) is 0 Å². The number of hydrogen-bond donors (Lipinski definition) is 2. The van der Waals surface area contributed by atoms with Crippen LogP contribution in [0.25, 0.3) is 0 Å². The molecule has 0 atom stereocenters. The fourth-order valence-electron chi connectivity index (χ4n) is 2.41. The molecule has 0 aromatic heterocycles. The van der Waals surface area contributed by atoms with Crippen molar-refractivity contribution in [1.82, 2.24) is 4.90 Å². The fourth-order valence-corrected chi connectivity index (χ4v) is 2.62. The first kappa shape index (κ1) is 15.5. The Morgan fingerprint density at radius 1 is 1.57 bits per heavy atom. The Morgan fingerprint density at radius 3 is 2.71 bits per heavy atom. The van der Waals surface area contributed by atoms with E-state index in [1.165, 1.54) is 4.90 Å². The number of anilines is 1. The predicted molar refractivity (Wildman–Crippen MR) is 78.2 cm³/mol. The summed E-state index contributed by atoms with van der Waals surface area (Å²) in [6, 6.07) is 2.26. The van der Waals surface area contributed by atoms with Gasteiger partial charge in [0, 0.05) is 25.7 Å². The van der Waals surface area contributed by atoms with E-state index in [0.717, 1.165) is 12.1 Å². The number of halogens is 1. The SMILES string of the molecule is CN(CC1CC(O)C1)C(=O)c1cc([N+](=O)[O-])cc(Cl)c1N. The van der Waals surface area contributed by atoms with E-state index in [0.29, 0.717) is 19.4 Å². The third-order valence-electron chi connectivity index (χ3n) is 3.65. The van der Waals surface area contributed by atoms with Crippen LogP contribution < -0.4 is 5.73 Å². The largest absolute Gasteiger partial charge is 0.397 e. The van der Waals surface area contributed by atoms with Gasteiger partial charge in [-0.05, 0) is 18.8 Å². The van der Waals surface area contributed by atoms with Crippen molar-refractivity contribution in [2.45, 2.75) is 18.9 Å². The van der Waals surface area contributed by atoms with Crippen LogP contribution in [0.5, 0.6) is 0 Å². The summed E-state index contributed by atoms with van der Waals surface area (Å²) in [5, 5.41) is 20.1.